The minimum atomic E-state index is -0.615. The van der Waals surface area contributed by atoms with Crippen molar-refractivity contribution in [1.82, 2.24) is 9.55 Å². The molecule has 0 atom stereocenters. The van der Waals surface area contributed by atoms with Gasteiger partial charge in [-0.1, -0.05) is 0 Å². The highest BCUT2D eigenvalue weighted by atomic mass is 19.1. The lowest BCUT2D eigenvalue weighted by Crippen LogP contribution is -2.13. The number of aryl methyl sites for hydroxylation is 1. The van der Waals surface area contributed by atoms with Gasteiger partial charge in [-0.2, -0.15) is 0 Å². The van der Waals surface area contributed by atoms with Gasteiger partial charge in [0.05, 0.1) is 5.56 Å². The number of carbonyl (C=O) groups excluding carboxylic acids is 1. The van der Waals surface area contributed by atoms with E-state index in [1.54, 1.807) is 6.92 Å². The van der Waals surface area contributed by atoms with Gasteiger partial charge in [0.2, 0.25) is 0 Å². The summed E-state index contributed by atoms with van der Waals surface area (Å²) in [5.74, 6) is -0.767. The van der Waals surface area contributed by atoms with Crippen LogP contribution < -0.4 is 0 Å². The molecule has 110 valence electrons. The minimum Gasteiger partial charge on any atom is -0.458 e. The van der Waals surface area contributed by atoms with Gasteiger partial charge in [0.25, 0.3) is 0 Å². The first-order valence-electron chi connectivity index (χ1n) is 6.08. The maximum atomic E-state index is 12.7. The van der Waals surface area contributed by atoms with E-state index in [4.69, 9.17) is 4.74 Å². The molecular formula is C13H12FN3O4. The van der Waals surface area contributed by atoms with E-state index in [9.17, 15) is 19.3 Å². The van der Waals surface area contributed by atoms with Crippen LogP contribution in [0.5, 0.6) is 0 Å². The smallest absolute Gasteiger partial charge is 0.342 e. The predicted octanol–water partition coefficient (Wildman–Crippen LogP) is 2.10. The Labute approximate surface area is 119 Å². The standard InChI is InChI=1S/C13H12FN3O4/c1-9-15-8-12(17(19)20)16(9)6-7-21-13(18)10-2-4-11(14)5-3-10/h2-5,8H,6-7H2,1H3. The first-order valence-corrected chi connectivity index (χ1v) is 6.08. The fraction of sp³-hybridized carbons (Fsp3) is 0.231. The molecule has 0 aliphatic carbocycles. The average molecular weight is 293 g/mol. The third kappa shape index (κ3) is 3.41. The van der Waals surface area contributed by atoms with Crippen LogP contribution in [0.1, 0.15) is 16.2 Å². The molecular weight excluding hydrogens is 281 g/mol. The number of esters is 1. The largest absolute Gasteiger partial charge is 0.458 e. The number of hydrogen-bond donors (Lipinski definition) is 0. The third-order valence-electron chi connectivity index (χ3n) is 2.85. The van der Waals surface area contributed by atoms with Crippen LogP contribution in [-0.2, 0) is 11.3 Å². The van der Waals surface area contributed by atoms with Crippen LogP contribution in [0, 0.1) is 22.9 Å². The van der Waals surface area contributed by atoms with Crippen LogP contribution in [0.4, 0.5) is 10.2 Å². The quantitative estimate of drug-likeness (QED) is 0.478. The first kappa shape index (κ1) is 14.6. The van der Waals surface area contributed by atoms with Crippen LogP contribution in [0.2, 0.25) is 0 Å². The Hall–Kier alpha value is -2.77. The SMILES string of the molecule is Cc1ncc([N+](=O)[O-])n1CCOC(=O)c1ccc(F)cc1. The molecule has 0 unspecified atom stereocenters. The summed E-state index contributed by atoms with van der Waals surface area (Å²) in [5, 5.41) is 10.8. The van der Waals surface area contributed by atoms with Gasteiger partial charge < -0.3 is 14.9 Å². The maximum absolute atomic E-state index is 12.7. The number of carbonyl (C=O) groups is 1. The van der Waals surface area contributed by atoms with E-state index in [1.807, 2.05) is 0 Å². The van der Waals surface area contributed by atoms with Crippen LogP contribution in [0.3, 0.4) is 0 Å². The Morgan fingerprint density at radius 1 is 1.43 bits per heavy atom. The fourth-order valence-electron chi connectivity index (χ4n) is 1.78. The third-order valence-corrected chi connectivity index (χ3v) is 2.85. The number of hydrogen-bond acceptors (Lipinski definition) is 5. The predicted molar refractivity (Wildman–Crippen MR) is 70.3 cm³/mol. The van der Waals surface area contributed by atoms with Crippen molar-refractivity contribution in [2.24, 2.45) is 0 Å². The summed E-state index contributed by atoms with van der Waals surface area (Å²) >= 11 is 0. The number of ether oxygens (including phenoxy) is 1. The molecule has 2 rings (SSSR count). The Kier molecular flexibility index (Phi) is 4.27. The van der Waals surface area contributed by atoms with E-state index in [1.165, 1.54) is 16.7 Å². The molecule has 1 aromatic heterocycles. The number of imidazole rings is 1. The van der Waals surface area contributed by atoms with E-state index < -0.39 is 16.7 Å². The maximum Gasteiger partial charge on any atom is 0.342 e. The zero-order chi connectivity index (χ0) is 15.4. The molecule has 0 bridgehead atoms. The summed E-state index contributed by atoms with van der Waals surface area (Å²) in [4.78, 5) is 25.8. The van der Waals surface area contributed by atoms with E-state index >= 15 is 0 Å². The molecule has 0 saturated heterocycles. The van der Waals surface area contributed by atoms with Crippen LogP contribution in [0.15, 0.2) is 30.5 Å². The highest BCUT2D eigenvalue weighted by Crippen LogP contribution is 2.13. The number of nitro groups is 1. The van der Waals surface area contributed by atoms with Gasteiger partial charge in [-0.15, -0.1) is 0 Å². The second kappa shape index (κ2) is 6.12. The van der Waals surface area contributed by atoms with Crippen LogP contribution >= 0.6 is 0 Å². The summed E-state index contributed by atoms with van der Waals surface area (Å²) in [7, 11) is 0. The number of aromatic nitrogens is 2. The lowest BCUT2D eigenvalue weighted by molar-refractivity contribution is -0.392. The van der Waals surface area contributed by atoms with E-state index in [0.717, 1.165) is 18.3 Å². The zero-order valence-corrected chi connectivity index (χ0v) is 11.2. The molecule has 0 aliphatic rings. The lowest BCUT2D eigenvalue weighted by atomic mass is 10.2. The molecule has 0 radical (unpaired) electrons. The monoisotopic (exact) mass is 293 g/mol. The average Bonchev–Trinajstić information content (AvgIpc) is 2.81. The van der Waals surface area contributed by atoms with Gasteiger partial charge in [-0.3, -0.25) is 0 Å². The molecule has 0 amide bonds. The van der Waals surface area contributed by atoms with Crippen molar-refractivity contribution in [2.75, 3.05) is 6.61 Å². The number of benzene rings is 1. The van der Waals surface area contributed by atoms with E-state index in [2.05, 4.69) is 4.98 Å². The van der Waals surface area contributed by atoms with Crippen molar-refractivity contribution in [2.45, 2.75) is 13.5 Å². The highest BCUT2D eigenvalue weighted by molar-refractivity contribution is 5.89. The van der Waals surface area contributed by atoms with Crippen molar-refractivity contribution in [3.63, 3.8) is 0 Å². The molecule has 21 heavy (non-hydrogen) atoms. The lowest BCUT2D eigenvalue weighted by Gasteiger charge is -2.05. The van der Waals surface area contributed by atoms with Crippen molar-refractivity contribution >= 4 is 11.8 Å². The van der Waals surface area contributed by atoms with Crippen molar-refractivity contribution < 1.29 is 18.8 Å². The van der Waals surface area contributed by atoms with Crippen LogP contribution in [-0.4, -0.2) is 27.1 Å². The minimum absolute atomic E-state index is 0.0474. The Bertz CT molecular complexity index is 667. The van der Waals surface area contributed by atoms with Crippen molar-refractivity contribution in [3.8, 4) is 0 Å². The Morgan fingerprint density at radius 2 is 2.10 bits per heavy atom. The van der Waals surface area contributed by atoms with Crippen molar-refractivity contribution in [1.29, 1.82) is 0 Å². The molecule has 0 spiro atoms. The summed E-state index contributed by atoms with van der Waals surface area (Å²) in [6, 6.07) is 4.92. The molecule has 0 fully saturated rings. The highest BCUT2D eigenvalue weighted by Gasteiger charge is 2.17. The summed E-state index contributed by atoms with van der Waals surface area (Å²) in [6.07, 6.45) is 1.15. The van der Waals surface area contributed by atoms with Gasteiger partial charge in [0.15, 0.2) is 5.82 Å². The summed E-state index contributed by atoms with van der Waals surface area (Å²) in [5.41, 5.74) is 0.216. The normalized spacial score (nSPS) is 10.4. The molecule has 1 aromatic carbocycles. The topological polar surface area (TPSA) is 87.3 Å². The van der Waals surface area contributed by atoms with Crippen molar-refractivity contribution in [3.05, 3.63) is 57.8 Å². The van der Waals surface area contributed by atoms with E-state index in [-0.39, 0.29) is 24.5 Å². The second-order valence-corrected chi connectivity index (χ2v) is 4.22. The second-order valence-electron chi connectivity index (χ2n) is 4.22. The number of halogens is 1. The number of rotatable bonds is 5. The van der Waals surface area contributed by atoms with Gasteiger partial charge in [-0.25, -0.2) is 18.7 Å². The van der Waals surface area contributed by atoms with Gasteiger partial charge >= 0.3 is 11.8 Å². The first-order chi connectivity index (χ1) is 9.99. The van der Waals surface area contributed by atoms with Gasteiger partial charge in [0.1, 0.15) is 25.2 Å². The van der Waals surface area contributed by atoms with Gasteiger partial charge in [0, 0.05) is 6.92 Å². The summed E-state index contributed by atoms with van der Waals surface area (Å²) in [6.45, 7) is 1.69. The fourth-order valence-corrected chi connectivity index (χ4v) is 1.78. The number of nitrogens with zero attached hydrogens (tertiary/aromatic N) is 3. The Balaban J connectivity index is 1.95. The zero-order valence-electron chi connectivity index (χ0n) is 11.2. The molecule has 0 aliphatic heterocycles. The molecule has 0 N–H and O–H groups in total. The van der Waals surface area contributed by atoms with Crippen LogP contribution in [0.25, 0.3) is 0 Å². The Morgan fingerprint density at radius 3 is 2.71 bits per heavy atom. The molecule has 1 heterocycles. The van der Waals surface area contributed by atoms with E-state index in [0.29, 0.717) is 5.82 Å². The molecule has 8 heteroatoms. The summed E-state index contributed by atoms with van der Waals surface area (Å²) < 4.78 is 19.1. The molecule has 7 nitrogen and oxygen atoms in total. The molecule has 0 saturated carbocycles. The molecule has 2 aromatic rings. The van der Waals surface area contributed by atoms with Gasteiger partial charge in [-0.05, 0) is 29.2 Å².